The Kier molecular flexibility index (Phi) is 7.03. The molecule has 1 rings (SSSR count). The van der Waals surface area contributed by atoms with Crippen molar-refractivity contribution in [3.8, 4) is 0 Å². The summed E-state index contributed by atoms with van der Waals surface area (Å²) in [6.07, 6.45) is 5.59. The van der Waals surface area contributed by atoms with Crippen LogP contribution >= 0.6 is 0 Å². The lowest BCUT2D eigenvalue weighted by Gasteiger charge is -2.28. The lowest BCUT2D eigenvalue weighted by atomic mass is 9.78. The summed E-state index contributed by atoms with van der Waals surface area (Å²) in [4.78, 5) is 22.0. The monoisotopic (exact) mass is 284 g/mol. The van der Waals surface area contributed by atoms with E-state index in [2.05, 4.69) is 18.6 Å². The van der Waals surface area contributed by atoms with Gasteiger partial charge in [-0.05, 0) is 49.4 Å². The van der Waals surface area contributed by atoms with Gasteiger partial charge in [-0.1, -0.05) is 20.3 Å². The molecule has 20 heavy (non-hydrogen) atoms. The molecule has 0 spiro atoms. The van der Waals surface area contributed by atoms with E-state index in [0.29, 0.717) is 24.2 Å². The Bertz CT molecular complexity index is 326. The van der Waals surface area contributed by atoms with Crippen LogP contribution in [0.1, 0.15) is 58.8 Å². The third-order valence-electron chi connectivity index (χ3n) is 5.05. The highest BCUT2D eigenvalue weighted by Crippen LogP contribution is 2.43. The van der Waals surface area contributed by atoms with Gasteiger partial charge in [0.1, 0.15) is 0 Å². The van der Waals surface area contributed by atoms with E-state index in [0.717, 1.165) is 25.2 Å². The zero-order valence-electron chi connectivity index (χ0n) is 12.9. The molecular weight excluding hydrogens is 256 g/mol. The van der Waals surface area contributed by atoms with Crippen LogP contribution in [0, 0.1) is 23.7 Å². The average Bonchev–Trinajstić information content (AvgIpc) is 2.73. The fraction of sp³-hybridized carbons (Fsp3) is 0.875. The Balaban J connectivity index is 2.51. The molecule has 0 aromatic heterocycles. The lowest BCUT2D eigenvalue weighted by Crippen LogP contribution is -2.21. The smallest absolute Gasteiger partial charge is 0.305 e. The molecule has 0 bridgehead atoms. The summed E-state index contributed by atoms with van der Waals surface area (Å²) in [7, 11) is 1.41. The first-order valence-corrected chi connectivity index (χ1v) is 7.74. The average molecular weight is 284 g/mol. The zero-order valence-corrected chi connectivity index (χ0v) is 12.9. The molecule has 0 aromatic carbocycles. The van der Waals surface area contributed by atoms with Gasteiger partial charge in [-0.2, -0.15) is 0 Å². The molecule has 1 fully saturated rings. The molecule has 116 valence electrons. The molecule has 1 N–H and O–H groups in total. The molecule has 0 heterocycles. The molecule has 1 aliphatic rings. The first kappa shape index (κ1) is 17.0. The Morgan fingerprint density at radius 1 is 1.20 bits per heavy atom. The van der Waals surface area contributed by atoms with Gasteiger partial charge in [0.25, 0.3) is 0 Å². The first-order valence-electron chi connectivity index (χ1n) is 7.74. The third-order valence-corrected chi connectivity index (χ3v) is 5.05. The summed E-state index contributed by atoms with van der Waals surface area (Å²) >= 11 is 0. The molecule has 0 aliphatic heterocycles. The van der Waals surface area contributed by atoms with Gasteiger partial charge >= 0.3 is 11.9 Å². The van der Waals surface area contributed by atoms with Crippen LogP contribution in [0.4, 0.5) is 0 Å². The number of ether oxygens (including phenoxy) is 1. The van der Waals surface area contributed by atoms with Crippen LogP contribution in [0.25, 0.3) is 0 Å². The van der Waals surface area contributed by atoms with Gasteiger partial charge in [-0.3, -0.25) is 9.59 Å². The normalized spacial score (nSPS) is 27.2. The number of hydrogen-bond donors (Lipinski definition) is 1. The summed E-state index contributed by atoms with van der Waals surface area (Å²) in [6.45, 7) is 4.57. The predicted molar refractivity (Wildman–Crippen MR) is 77.3 cm³/mol. The molecule has 1 saturated carbocycles. The molecule has 0 amide bonds. The van der Waals surface area contributed by atoms with Crippen molar-refractivity contribution in [2.75, 3.05) is 7.11 Å². The number of esters is 1. The van der Waals surface area contributed by atoms with E-state index in [-0.39, 0.29) is 12.4 Å². The van der Waals surface area contributed by atoms with Crippen molar-refractivity contribution in [2.24, 2.45) is 23.7 Å². The van der Waals surface area contributed by atoms with Crippen LogP contribution in [-0.2, 0) is 14.3 Å². The maximum absolute atomic E-state index is 11.2. The highest BCUT2D eigenvalue weighted by atomic mass is 16.5. The standard InChI is InChI=1S/C16H28O4/c1-11-7-9-14(12(11)2)13(8-10-15(17)18)5-4-6-16(19)20-3/h11-14H,4-10H2,1-3H3,(H,17,18)/t11-,12-,13?,14+/m1/s1. The van der Waals surface area contributed by atoms with Crippen LogP contribution in [0.2, 0.25) is 0 Å². The Hall–Kier alpha value is -1.06. The number of carboxylic acids is 1. The zero-order chi connectivity index (χ0) is 15.1. The SMILES string of the molecule is COC(=O)CCCC(CCC(=O)O)[C@H]1CC[C@@H](C)[C@H]1C. The van der Waals surface area contributed by atoms with Crippen molar-refractivity contribution in [1.82, 2.24) is 0 Å². The molecule has 0 saturated heterocycles. The first-order chi connectivity index (χ1) is 9.45. The second-order valence-electron chi connectivity index (χ2n) is 6.24. The molecule has 4 heteroatoms. The highest BCUT2D eigenvalue weighted by Gasteiger charge is 2.35. The van der Waals surface area contributed by atoms with E-state index >= 15 is 0 Å². The highest BCUT2D eigenvalue weighted by molar-refractivity contribution is 5.69. The van der Waals surface area contributed by atoms with Crippen LogP contribution in [0.3, 0.4) is 0 Å². The van der Waals surface area contributed by atoms with Gasteiger partial charge < -0.3 is 9.84 Å². The summed E-state index contributed by atoms with van der Waals surface area (Å²) < 4.78 is 4.66. The van der Waals surface area contributed by atoms with Crippen LogP contribution in [0.5, 0.6) is 0 Å². The van der Waals surface area contributed by atoms with E-state index in [4.69, 9.17) is 5.11 Å². The van der Waals surface area contributed by atoms with Crippen molar-refractivity contribution in [1.29, 1.82) is 0 Å². The van der Waals surface area contributed by atoms with Crippen molar-refractivity contribution < 1.29 is 19.4 Å². The molecular formula is C16H28O4. The van der Waals surface area contributed by atoms with Crippen molar-refractivity contribution in [3.05, 3.63) is 0 Å². The van der Waals surface area contributed by atoms with E-state index < -0.39 is 5.97 Å². The number of carbonyl (C=O) groups excluding carboxylic acids is 1. The molecule has 1 aliphatic carbocycles. The van der Waals surface area contributed by atoms with Crippen LogP contribution in [0.15, 0.2) is 0 Å². The minimum atomic E-state index is -0.721. The van der Waals surface area contributed by atoms with Crippen molar-refractivity contribution in [2.45, 2.75) is 58.8 Å². The predicted octanol–water partition coefficient (Wildman–Crippen LogP) is 3.49. The summed E-state index contributed by atoms with van der Waals surface area (Å²) in [5.74, 6) is 1.54. The van der Waals surface area contributed by atoms with Gasteiger partial charge in [0.15, 0.2) is 0 Å². The molecule has 1 unspecified atom stereocenters. The fourth-order valence-corrected chi connectivity index (χ4v) is 3.56. The number of hydrogen-bond acceptors (Lipinski definition) is 3. The maximum Gasteiger partial charge on any atom is 0.305 e. The van der Waals surface area contributed by atoms with Crippen molar-refractivity contribution in [3.63, 3.8) is 0 Å². The lowest BCUT2D eigenvalue weighted by molar-refractivity contribution is -0.141. The van der Waals surface area contributed by atoms with Gasteiger partial charge in [0, 0.05) is 12.8 Å². The van der Waals surface area contributed by atoms with E-state index in [9.17, 15) is 9.59 Å². The Morgan fingerprint density at radius 3 is 2.40 bits per heavy atom. The topological polar surface area (TPSA) is 63.6 Å². The molecule has 4 nitrogen and oxygen atoms in total. The van der Waals surface area contributed by atoms with Crippen LogP contribution in [-0.4, -0.2) is 24.2 Å². The summed E-state index contributed by atoms with van der Waals surface area (Å²) in [6, 6.07) is 0. The number of carboxylic acid groups (broad SMARTS) is 1. The number of methoxy groups -OCH3 is 1. The second kappa shape index (κ2) is 8.28. The van der Waals surface area contributed by atoms with Crippen LogP contribution < -0.4 is 0 Å². The van der Waals surface area contributed by atoms with Crippen molar-refractivity contribution >= 4 is 11.9 Å². The Labute approximate surface area is 121 Å². The molecule has 0 radical (unpaired) electrons. The number of rotatable bonds is 8. The molecule has 4 atom stereocenters. The van der Waals surface area contributed by atoms with E-state index in [1.807, 2.05) is 0 Å². The van der Waals surface area contributed by atoms with Gasteiger partial charge in [0.05, 0.1) is 7.11 Å². The summed E-state index contributed by atoms with van der Waals surface area (Å²) in [5.41, 5.74) is 0. The van der Waals surface area contributed by atoms with E-state index in [1.165, 1.54) is 20.0 Å². The quantitative estimate of drug-likeness (QED) is 0.693. The minimum absolute atomic E-state index is 0.171. The molecule has 0 aromatic rings. The minimum Gasteiger partial charge on any atom is -0.481 e. The third kappa shape index (κ3) is 5.14. The Morgan fingerprint density at radius 2 is 1.90 bits per heavy atom. The number of aliphatic carboxylic acids is 1. The van der Waals surface area contributed by atoms with Gasteiger partial charge in [0.2, 0.25) is 0 Å². The summed E-state index contributed by atoms with van der Waals surface area (Å²) in [5, 5.41) is 8.90. The van der Waals surface area contributed by atoms with E-state index in [1.54, 1.807) is 0 Å². The largest absolute Gasteiger partial charge is 0.481 e. The second-order valence-corrected chi connectivity index (χ2v) is 6.24. The van der Waals surface area contributed by atoms with Gasteiger partial charge in [-0.15, -0.1) is 0 Å². The maximum atomic E-state index is 11.2. The fourth-order valence-electron chi connectivity index (χ4n) is 3.56. The number of carbonyl (C=O) groups is 2. The van der Waals surface area contributed by atoms with Gasteiger partial charge in [-0.25, -0.2) is 0 Å².